The van der Waals surface area contributed by atoms with E-state index in [1.807, 2.05) is 6.07 Å². The molecule has 1 heterocycles. The summed E-state index contributed by atoms with van der Waals surface area (Å²) in [6, 6.07) is 8.31. The van der Waals surface area contributed by atoms with E-state index >= 15 is 0 Å². The van der Waals surface area contributed by atoms with E-state index < -0.39 is 0 Å². The molecule has 0 atom stereocenters. The van der Waals surface area contributed by atoms with Crippen LogP contribution in [0.1, 0.15) is 34.0 Å². The van der Waals surface area contributed by atoms with Crippen molar-refractivity contribution in [1.29, 1.82) is 0 Å². The molecule has 0 aliphatic heterocycles. The van der Waals surface area contributed by atoms with Crippen molar-refractivity contribution in [1.82, 2.24) is 0 Å². The zero-order chi connectivity index (χ0) is 10.4. The highest BCUT2D eigenvalue weighted by atomic mass is 35.5. The van der Waals surface area contributed by atoms with E-state index in [0.29, 0.717) is 4.88 Å². The van der Waals surface area contributed by atoms with Crippen molar-refractivity contribution in [3.05, 3.63) is 34.7 Å². The number of fused-ring (bicyclic) bond motifs is 1. The number of hydrogen-bond acceptors (Lipinski definition) is 2. The van der Waals surface area contributed by atoms with Crippen LogP contribution in [0.25, 0.3) is 10.1 Å². The minimum absolute atomic E-state index is 0.357. The van der Waals surface area contributed by atoms with E-state index in [9.17, 15) is 4.79 Å². The molecule has 0 unspecified atom stereocenters. The first kappa shape index (κ1) is 9.37. The van der Waals surface area contributed by atoms with Crippen molar-refractivity contribution < 1.29 is 4.79 Å². The third-order valence-corrected chi connectivity index (χ3v) is 4.20. The minimum Gasteiger partial charge on any atom is -0.275 e. The average molecular weight is 237 g/mol. The van der Waals surface area contributed by atoms with Crippen LogP contribution in [0.2, 0.25) is 0 Å². The Bertz CT molecular complexity index is 540. The van der Waals surface area contributed by atoms with Gasteiger partial charge in [0.2, 0.25) is 0 Å². The Labute approximate surface area is 96.7 Å². The summed E-state index contributed by atoms with van der Waals surface area (Å²) >= 11 is 6.94. The molecule has 2 aromatic rings. The molecule has 1 aliphatic rings. The van der Waals surface area contributed by atoms with Gasteiger partial charge in [0.25, 0.3) is 5.24 Å². The van der Waals surface area contributed by atoms with Gasteiger partial charge in [0, 0.05) is 4.70 Å². The Morgan fingerprint density at radius 3 is 2.80 bits per heavy atom. The van der Waals surface area contributed by atoms with E-state index in [2.05, 4.69) is 18.2 Å². The second kappa shape index (κ2) is 3.32. The van der Waals surface area contributed by atoms with Gasteiger partial charge in [0.05, 0.1) is 4.88 Å². The van der Waals surface area contributed by atoms with Gasteiger partial charge in [-0.25, -0.2) is 0 Å². The third-order valence-electron chi connectivity index (χ3n) is 2.79. The Kier molecular flexibility index (Phi) is 2.08. The van der Waals surface area contributed by atoms with Gasteiger partial charge in [-0.15, -0.1) is 11.3 Å². The molecule has 76 valence electrons. The molecule has 3 rings (SSSR count). The molecule has 1 nitrogen and oxygen atoms in total. The molecule has 0 radical (unpaired) electrons. The van der Waals surface area contributed by atoms with Crippen molar-refractivity contribution in [3.63, 3.8) is 0 Å². The van der Waals surface area contributed by atoms with Crippen LogP contribution < -0.4 is 0 Å². The summed E-state index contributed by atoms with van der Waals surface area (Å²) in [7, 11) is 0. The molecule has 0 spiro atoms. The van der Waals surface area contributed by atoms with Crippen LogP contribution in [0.3, 0.4) is 0 Å². The van der Waals surface area contributed by atoms with Crippen LogP contribution in [0, 0.1) is 0 Å². The predicted octanol–water partition coefficient (Wildman–Crippen LogP) is 4.16. The second-order valence-electron chi connectivity index (χ2n) is 3.96. The minimum atomic E-state index is -0.357. The van der Waals surface area contributed by atoms with Gasteiger partial charge in [-0.3, -0.25) is 4.79 Å². The van der Waals surface area contributed by atoms with Crippen molar-refractivity contribution in [2.45, 2.75) is 18.8 Å². The molecule has 1 aliphatic carbocycles. The van der Waals surface area contributed by atoms with Gasteiger partial charge >= 0.3 is 0 Å². The Balaban J connectivity index is 2.13. The Morgan fingerprint density at radius 2 is 2.13 bits per heavy atom. The smallest absolute Gasteiger partial charge is 0.262 e. The monoisotopic (exact) mass is 236 g/mol. The van der Waals surface area contributed by atoms with Crippen LogP contribution in [0.5, 0.6) is 0 Å². The largest absolute Gasteiger partial charge is 0.275 e. The molecule has 1 saturated carbocycles. The number of hydrogen-bond donors (Lipinski definition) is 0. The zero-order valence-corrected chi connectivity index (χ0v) is 9.57. The van der Waals surface area contributed by atoms with E-state index in [1.54, 1.807) is 0 Å². The van der Waals surface area contributed by atoms with E-state index in [4.69, 9.17) is 11.6 Å². The molecule has 0 bridgehead atoms. The van der Waals surface area contributed by atoms with Crippen LogP contribution in [0.15, 0.2) is 24.3 Å². The Morgan fingerprint density at radius 1 is 1.33 bits per heavy atom. The summed E-state index contributed by atoms with van der Waals surface area (Å²) in [6.45, 7) is 0. The van der Waals surface area contributed by atoms with Gasteiger partial charge in [-0.2, -0.15) is 0 Å². The number of thiophene rings is 1. The maximum Gasteiger partial charge on any atom is 0.262 e. The fourth-order valence-corrected chi connectivity index (χ4v) is 2.93. The first-order valence-corrected chi connectivity index (χ1v) is 6.17. The molecule has 15 heavy (non-hydrogen) atoms. The van der Waals surface area contributed by atoms with Crippen LogP contribution >= 0.6 is 22.9 Å². The molecule has 1 fully saturated rings. The maximum atomic E-state index is 11.0. The van der Waals surface area contributed by atoms with Gasteiger partial charge in [0.1, 0.15) is 0 Å². The molecule has 3 heteroatoms. The zero-order valence-electron chi connectivity index (χ0n) is 8.00. The highest BCUT2D eigenvalue weighted by Gasteiger charge is 2.23. The van der Waals surface area contributed by atoms with Crippen molar-refractivity contribution in [3.8, 4) is 0 Å². The summed E-state index contributed by atoms with van der Waals surface area (Å²) < 4.78 is 1.17. The summed E-state index contributed by atoms with van der Waals surface area (Å²) in [5.74, 6) is 0.756. The molecule has 0 N–H and O–H groups in total. The first-order chi connectivity index (χ1) is 7.24. The van der Waals surface area contributed by atoms with Crippen molar-refractivity contribution in [2.24, 2.45) is 0 Å². The van der Waals surface area contributed by atoms with Crippen LogP contribution in [-0.2, 0) is 0 Å². The van der Waals surface area contributed by atoms with Crippen molar-refractivity contribution in [2.75, 3.05) is 0 Å². The first-order valence-electron chi connectivity index (χ1n) is 4.97. The molecular weight excluding hydrogens is 228 g/mol. The SMILES string of the molecule is O=C(Cl)c1cc2ccc(C3CC3)cc2s1. The second-order valence-corrected chi connectivity index (χ2v) is 5.38. The number of rotatable bonds is 2. The maximum absolute atomic E-state index is 11.0. The quantitative estimate of drug-likeness (QED) is 0.716. The number of halogens is 1. The average Bonchev–Trinajstić information content (AvgIpc) is 2.96. The lowest BCUT2D eigenvalue weighted by atomic mass is 10.1. The lowest BCUT2D eigenvalue weighted by Gasteiger charge is -1.96. The number of carbonyl (C=O) groups excluding carboxylic acids is 1. The van der Waals surface area contributed by atoms with Crippen molar-refractivity contribution >= 4 is 38.3 Å². The van der Waals surface area contributed by atoms with E-state index in [0.717, 1.165) is 11.3 Å². The van der Waals surface area contributed by atoms with Gasteiger partial charge in [0.15, 0.2) is 0 Å². The normalized spacial score (nSPS) is 15.8. The standard InChI is InChI=1S/C12H9ClOS/c13-12(14)11-6-9-4-3-8(7-1-2-7)5-10(9)15-11/h3-7H,1-2H2. The van der Waals surface area contributed by atoms with Crippen LogP contribution in [0.4, 0.5) is 0 Å². The number of benzene rings is 1. The topological polar surface area (TPSA) is 17.1 Å². The Hall–Kier alpha value is -0.860. The number of carbonyl (C=O) groups is 1. The summed E-state index contributed by atoms with van der Waals surface area (Å²) in [6.07, 6.45) is 2.61. The molecular formula is C12H9ClOS. The third kappa shape index (κ3) is 1.68. The summed E-state index contributed by atoms with van der Waals surface area (Å²) in [5.41, 5.74) is 1.40. The fourth-order valence-electron chi connectivity index (χ4n) is 1.82. The predicted molar refractivity (Wildman–Crippen MR) is 64.0 cm³/mol. The van der Waals surface area contributed by atoms with Gasteiger partial charge in [-0.05, 0) is 53.4 Å². The summed E-state index contributed by atoms with van der Waals surface area (Å²) in [5, 5.41) is 0.762. The fraction of sp³-hybridized carbons (Fsp3) is 0.250. The van der Waals surface area contributed by atoms with E-state index in [1.165, 1.54) is 34.4 Å². The lowest BCUT2D eigenvalue weighted by molar-refractivity contribution is 0.108. The summed E-state index contributed by atoms with van der Waals surface area (Å²) in [4.78, 5) is 11.7. The molecule has 0 saturated heterocycles. The highest BCUT2D eigenvalue weighted by Crippen LogP contribution is 2.41. The lowest BCUT2D eigenvalue weighted by Crippen LogP contribution is -1.78. The highest BCUT2D eigenvalue weighted by molar-refractivity contribution is 7.22. The van der Waals surface area contributed by atoms with Gasteiger partial charge in [-0.1, -0.05) is 12.1 Å². The van der Waals surface area contributed by atoms with E-state index in [-0.39, 0.29) is 5.24 Å². The van der Waals surface area contributed by atoms with Gasteiger partial charge < -0.3 is 0 Å². The molecule has 1 aromatic carbocycles. The van der Waals surface area contributed by atoms with Crippen LogP contribution in [-0.4, -0.2) is 5.24 Å². The molecule has 0 amide bonds. The molecule has 1 aromatic heterocycles.